The first-order valence-electron chi connectivity index (χ1n) is 16.7. The van der Waals surface area contributed by atoms with Crippen LogP contribution < -0.4 is 26.5 Å². The van der Waals surface area contributed by atoms with Gasteiger partial charge in [-0.25, -0.2) is 0 Å². The molecule has 0 amide bonds. The molecule has 3 atom stereocenters. The van der Waals surface area contributed by atoms with Gasteiger partial charge in [0.05, 0.1) is 0 Å². The molecule has 232 valence electrons. The molecule has 3 heteroatoms. The molecule has 0 aromatic heterocycles. The minimum absolute atomic E-state index is 0. The Morgan fingerprint density at radius 1 is 0.467 bits per heavy atom. The van der Waals surface area contributed by atoms with Crippen molar-refractivity contribution in [2.75, 3.05) is 0 Å². The molecule has 7 rings (SSSR count). The summed E-state index contributed by atoms with van der Waals surface area (Å²) < 4.78 is 0. The molecule has 0 radical (unpaired) electrons. The number of rotatable bonds is 8. The third-order valence-corrected chi connectivity index (χ3v) is 14.9. The maximum atomic E-state index is 2.55. The quantitative estimate of drug-likeness (QED) is 0.114. The van der Waals surface area contributed by atoms with Crippen LogP contribution in [0.3, 0.4) is 0 Å². The van der Waals surface area contributed by atoms with E-state index in [1.807, 2.05) is 0 Å². The molecule has 2 unspecified atom stereocenters. The molecule has 5 aromatic carbocycles. The summed E-state index contributed by atoms with van der Waals surface area (Å²) in [6.45, 7) is 2.55. The molecule has 2 saturated carbocycles. The Kier molecular flexibility index (Phi) is 13.1. The smallest absolute Gasteiger partial charge is 0 e. The van der Waals surface area contributed by atoms with E-state index in [2.05, 4.69) is 153 Å². The Bertz CT molecular complexity index is 1450. The van der Waals surface area contributed by atoms with Gasteiger partial charge in [0, 0.05) is 17.1 Å². The van der Waals surface area contributed by atoms with Crippen LogP contribution >= 0.6 is 15.8 Å². The van der Waals surface area contributed by atoms with Crippen LogP contribution in [-0.4, -0.2) is 5.66 Å². The van der Waals surface area contributed by atoms with Gasteiger partial charge in [0.25, 0.3) is 0 Å². The molecule has 5 aromatic rings. The minimum Gasteiger partial charge on any atom is -0.0622 e. The number of benzene rings is 5. The van der Waals surface area contributed by atoms with E-state index in [9.17, 15) is 0 Å². The average Bonchev–Trinajstić information content (AvgIpc) is 3.84. The van der Waals surface area contributed by atoms with Crippen molar-refractivity contribution < 1.29 is 17.1 Å². The van der Waals surface area contributed by atoms with Crippen molar-refractivity contribution in [1.29, 1.82) is 0 Å². The van der Waals surface area contributed by atoms with Crippen molar-refractivity contribution in [2.45, 2.75) is 69.9 Å². The Hall–Kier alpha value is -2.52. The molecule has 0 aliphatic heterocycles. The van der Waals surface area contributed by atoms with Crippen LogP contribution in [0.2, 0.25) is 0 Å². The van der Waals surface area contributed by atoms with Gasteiger partial charge in [0.2, 0.25) is 0 Å². The molecule has 2 fully saturated rings. The summed E-state index contributed by atoms with van der Waals surface area (Å²) in [5, 5.41) is 7.41. The van der Waals surface area contributed by atoms with Gasteiger partial charge >= 0.3 is 0 Å². The van der Waals surface area contributed by atoms with Gasteiger partial charge < -0.3 is 0 Å². The summed E-state index contributed by atoms with van der Waals surface area (Å²) >= 11 is 0. The third-order valence-electron chi connectivity index (χ3n) is 9.52. The van der Waals surface area contributed by atoms with Crippen LogP contribution in [-0.2, 0) is 17.1 Å². The van der Waals surface area contributed by atoms with E-state index in [4.69, 9.17) is 0 Å². The molecule has 0 nitrogen and oxygen atoms in total. The van der Waals surface area contributed by atoms with E-state index in [1.54, 1.807) is 5.56 Å². The molecular formula is C42H46FeP2. The minimum atomic E-state index is -0.619. The first-order valence-corrected chi connectivity index (χ1v) is 19.4. The Morgan fingerprint density at radius 2 is 0.867 bits per heavy atom. The van der Waals surface area contributed by atoms with Gasteiger partial charge in [-0.15, -0.1) is 0 Å². The fourth-order valence-electron chi connectivity index (χ4n) is 7.41. The molecule has 45 heavy (non-hydrogen) atoms. The standard InChI is InChI=1S/C37H36P2.C5H10.Fe/c1-29(38(30-17-6-2-7-18-30)31-19-8-3-9-20-31)34-26-16-27-35(34)36-25-14-15-28-37(36)39(32-21-10-4-11-22-32)33-23-12-5-13-24-33;1-2-4-5-3-1;/h2-15,17-25,28-29,34-35H,16,26-27H2,1H3;1-5H2;/t29-,34?,35?;;/m1../s1. The molecule has 0 saturated heterocycles. The topological polar surface area (TPSA) is 0 Å². The molecule has 0 N–H and O–H groups in total. The Labute approximate surface area is 285 Å². The maximum absolute atomic E-state index is 2.55. The van der Waals surface area contributed by atoms with E-state index < -0.39 is 15.8 Å². The Morgan fingerprint density at radius 3 is 1.33 bits per heavy atom. The fourth-order valence-corrected chi connectivity index (χ4v) is 12.9. The number of hydrogen-bond acceptors (Lipinski definition) is 0. The van der Waals surface area contributed by atoms with Crippen molar-refractivity contribution in [3.05, 3.63) is 151 Å². The summed E-state index contributed by atoms with van der Waals surface area (Å²) in [7, 11) is -1.07. The molecule has 2 aliphatic rings. The average molecular weight is 669 g/mol. The zero-order valence-electron chi connectivity index (χ0n) is 26.5. The van der Waals surface area contributed by atoms with Gasteiger partial charge in [0.1, 0.15) is 0 Å². The summed E-state index contributed by atoms with van der Waals surface area (Å²) in [6.07, 6.45) is 11.4. The largest absolute Gasteiger partial charge is 0.0622 e. The summed E-state index contributed by atoms with van der Waals surface area (Å²) in [5.74, 6) is 1.26. The van der Waals surface area contributed by atoms with E-state index >= 15 is 0 Å². The van der Waals surface area contributed by atoms with E-state index in [1.165, 1.54) is 77.9 Å². The van der Waals surface area contributed by atoms with Crippen LogP contribution in [0, 0.1) is 5.92 Å². The second-order valence-corrected chi connectivity index (χ2v) is 17.1. The van der Waals surface area contributed by atoms with E-state index in [-0.39, 0.29) is 17.1 Å². The van der Waals surface area contributed by atoms with Gasteiger partial charge in [0.15, 0.2) is 0 Å². The molecular weight excluding hydrogens is 622 g/mol. The van der Waals surface area contributed by atoms with Crippen molar-refractivity contribution >= 4 is 42.4 Å². The zero-order valence-corrected chi connectivity index (χ0v) is 29.4. The molecule has 0 heterocycles. The van der Waals surface area contributed by atoms with Crippen molar-refractivity contribution in [2.24, 2.45) is 5.92 Å². The predicted molar refractivity (Wildman–Crippen MR) is 197 cm³/mol. The Balaban J connectivity index is 0.000000609. The third kappa shape index (κ3) is 8.45. The first kappa shape index (κ1) is 33.8. The monoisotopic (exact) mass is 668 g/mol. The van der Waals surface area contributed by atoms with Crippen molar-refractivity contribution in [3.8, 4) is 0 Å². The molecule has 2 aliphatic carbocycles. The molecule has 0 bridgehead atoms. The van der Waals surface area contributed by atoms with Crippen LogP contribution in [0.5, 0.6) is 0 Å². The zero-order chi connectivity index (χ0) is 30.0. The SMILES string of the molecule is C1CCCC1.C[C@H](C1CCCC1c1ccccc1P(c1ccccc1)c1ccccc1)P(c1ccccc1)c1ccccc1.[Fe]. The van der Waals surface area contributed by atoms with Crippen LogP contribution in [0.15, 0.2) is 146 Å². The van der Waals surface area contributed by atoms with Crippen LogP contribution in [0.1, 0.15) is 69.8 Å². The normalized spacial score (nSPS) is 18.2. The summed E-state index contributed by atoms with van der Waals surface area (Å²) in [5.41, 5.74) is 2.19. The first-order chi connectivity index (χ1) is 21.8. The number of hydrogen-bond donors (Lipinski definition) is 0. The van der Waals surface area contributed by atoms with Crippen LogP contribution in [0.25, 0.3) is 0 Å². The van der Waals surface area contributed by atoms with Crippen LogP contribution in [0.4, 0.5) is 0 Å². The second kappa shape index (κ2) is 17.4. The van der Waals surface area contributed by atoms with Gasteiger partial charge in [-0.1, -0.05) is 191 Å². The summed E-state index contributed by atoms with van der Waals surface area (Å²) in [6, 6.07) is 54.4. The summed E-state index contributed by atoms with van der Waals surface area (Å²) in [4.78, 5) is 0. The van der Waals surface area contributed by atoms with Gasteiger partial charge in [-0.05, 0) is 78.3 Å². The molecule has 0 spiro atoms. The van der Waals surface area contributed by atoms with E-state index in [0.29, 0.717) is 17.5 Å². The fraction of sp³-hybridized carbons (Fsp3) is 0.286. The van der Waals surface area contributed by atoms with Gasteiger partial charge in [-0.3, -0.25) is 0 Å². The van der Waals surface area contributed by atoms with Crippen molar-refractivity contribution in [1.82, 2.24) is 0 Å². The predicted octanol–water partition coefficient (Wildman–Crippen LogP) is 9.80. The van der Waals surface area contributed by atoms with Gasteiger partial charge in [-0.2, -0.15) is 0 Å². The maximum Gasteiger partial charge on any atom is 0 e. The second-order valence-electron chi connectivity index (χ2n) is 12.3. The van der Waals surface area contributed by atoms with Crippen molar-refractivity contribution in [3.63, 3.8) is 0 Å². The van der Waals surface area contributed by atoms with E-state index in [0.717, 1.165) is 0 Å².